The lowest BCUT2D eigenvalue weighted by Crippen LogP contribution is -2.36. The number of carbonyl (C=O) groups excluding carboxylic acids is 1. The molecule has 26 heavy (non-hydrogen) atoms. The molecular weight excluding hydrogens is 349 g/mol. The van der Waals surface area contributed by atoms with Gasteiger partial charge >= 0.3 is 0 Å². The second-order valence-electron chi connectivity index (χ2n) is 6.62. The molecule has 0 aliphatic rings. The van der Waals surface area contributed by atoms with Crippen LogP contribution in [0.3, 0.4) is 0 Å². The second-order valence-corrected chi connectivity index (χ2v) is 7.63. The van der Waals surface area contributed by atoms with Crippen LogP contribution in [0.4, 0.5) is 9.52 Å². The van der Waals surface area contributed by atoms with Crippen molar-refractivity contribution in [1.82, 2.24) is 9.88 Å². The first-order chi connectivity index (χ1) is 12.4. The predicted octanol–water partition coefficient (Wildman–Crippen LogP) is 4.26. The number of benzene rings is 2. The molecule has 0 saturated heterocycles. The highest BCUT2D eigenvalue weighted by Gasteiger charge is 2.22. The monoisotopic (exact) mass is 371 g/mol. The Morgan fingerprint density at radius 3 is 2.42 bits per heavy atom. The van der Waals surface area contributed by atoms with Crippen molar-refractivity contribution in [2.45, 2.75) is 13.8 Å². The lowest BCUT2D eigenvalue weighted by Gasteiger charge is -2.22. The smallest absolute Gasteiger partial charge is 0.260 e. The maximum atomic E-state index is 13.2. The minimum Gasteiger partial charge on any atom is -0.308 e. The Morgan fingerprint density at radius 1 is 1.08 bits per heavy atom. The van der Waals surface area contributed by atoms with Crippen LogP contribution in [0.25, 0.3) is 10.2 Å². The topological polar surface area (TPSA) is 36.4 Å². The van der Waals surface area contributed by atoms with Gasteiger partial charge in [-0.1, -0.05) is 17.4 Å². The van der Waals surface area contributed by atoms with Gasteiger partial charge in [0.25, 0.3) is 5.91 Å². The van der Waals surface area contributed by atoms with Gasteiger partial charge in [0.2, 0.25) is 0 Å². The Morgan fingerprint density at radius 2 is 1.77 bits per heavy atom. The molecule has 0 unspecified atom stereocenters. The van der Waals surface area contributed by atoms with Gasteiger partial charge in [-0.3, -0.25) is 9.69 Å². The summed E-state index contributed by atoms with van der Waals surface area (Å²) < 4.78 is 14.3. The Kier molecular flexibility index (Phi) is 5.34. The normalized spacial score (nSPS) is 11.3. The van der Waals surface area contributed by atoms with Gasteiger partial charge in [-0.2, -0.15) is 0 Å². The molecule has 0 N–H and O–H groups in total. The number of nitrogens with zero attached hydrogens (tertiary/aromatic N) is 3. The maximum Gasteiger partial charge on any atom is 0.260 e. The lowest BCUT2D eigenvalue weighted by atomic mass is 10.1. The highest BCUT2D eigenvalue weighted by Crippen LogP contribution is 2.32. The number of carbonyl (C=O) groups is 1. The van der Waals surface area contributed by atoms with Gasteiger partial charge in [0.15, 0.2) is 5.13 Å². The Hall–Kier alpha value is -2.31. The fourth-order valence-electron chi connectivity index (χ4n) is 2.66. The SMILES string of the molecule is Cc1ccc2sc(N(CCN(C)C)C(=O)c3ccc(F)cc3)nc2c1C. The summed E-state index contributed by atoms with van der Waals surface area (Å²) in [4.78, 5) is 21.5. The molecule has 0 bridgehead atoms. The average Bonchev–Trinajstić information content (AvgIpc) is 3.03. The van der Waals surface area contributed by atoms with Gasteiger partial charge in [0.05, 0.1) is 10.2 Å². The Labute approximate surface area is 156 Å². The molecule has 3 aromatic rings. The van der Waals surface area contributed by atoms with Crippen molar-refractivity contribution in [3.63, 3.8) is 0 Å². The average molecular weight is 371 g/mol. The van der Waals surface area contributed by atoms with E-state index in [-0.39, 0.29) is 11.7 Å². The van der Waals surface area contributed by atoms with Crippen molar-refractivity contribution in [2.24, 2.45) is 0 Å². The molecule has 0 saturated carbocycles. The molecule has 0 aliphatic heterocycles. The van der Waals surface area contributed by atoms with Crippen LogP contribution in [0.5, 0.6) is 0 Å². The van der Waals surface area contributed by atoms with E-state index in [1.165, 1.54) is 41.2 Å². The third kappa shape index (κ3) is 3.76. The summed E-state index contributed by atoms with van der Waals surface area (Å²) in [5.74, 6) is -0.521. The fourth-order valence-corrected chi connectivity index (χ4v) is 3.71. The van der Waals surface area contributed by atoms with Crippen LogP contribution < -0.4 is 4.90 Å². The standard InChI is InChI=1S/C20H22FN3OS/c1-13-5-10-17-18(14(13)2)22-20(26-17)24(12-11-23(3)4)19(25)15-6-8-16(21)9-7-15/h5-10H,11-12H2,1-4H3. The van der Waals surface area contributed by atoms with E-state index in [9.17, 15) is 9.18 Å². The van der Waals surface area contributed by atoms with Gasteiger partial charge in [-0.15, -0.1) is 0 Å². The number of hydrogen-bond acceptors (Lipinski definition) is 4. The van der Waals surface area contributed by atoms with Crippen LogP contribution in [0.15, 0.2) is 36.4 Å². The summed E-state index contributed by atoms with van der Waals surface area (Å²) in [6, 6.07) is 9.77. The number of thiazole rings is 1. The number of aromatic nitrogens is 1. The molecule has 0 spiro atoms. The van der Waals surface area contributed by atoms with Crippen molar-refractivity contribution >= 4 is 32.6 Å². The van der Waals surface area contributed by atoms with Crippen molar-refractivity contribution < 1.29 is 9.18 Å². The van der Waals surface area contributed by atoms with Crippen LogP contribution in [-0.4, -0.2) is 43.0 Å². The molecule has 136 valence electrons. The molecule has 1 heterocycles. The van der Waals surface area contributed by atoms with Crippen molar-refractivity contribution in [3.05, 3.63) is 58.9 Å². The number of hydrogen-bond donors (Lipinski definition) is 0. The quantitative estimate of drug-likeness (QED) is 0.672. The number of halogens is 1. The van der Waals surface area contributed by atoms with Crippen molar-refractivity contribution in [3.8, 4) is 0 Å². The summed E-state index contributed by atoms with van der Waals surface area (Å²) in [7, 11) is 3.93. The van der Waals surface area contributed by atoms with E-state index in [2.05, 4.69) is 13.0 Å². The number of anilines is 1. The fraction of sp³-hybridized carbons (Fsp3) is 0.300. The van der Waals surface area contributed by atoms with E-state index in [0.717, 1.165) is 15.8 Å². The van der Waals surface area contributed by atoms with E-state index in [1.807, 2.05) is 32.0 Å². The molecule has 4 nitrogen and oxygen atoms in total. The molecule has 1 aromatic heterocycles. The number of fused-ring (bicyclic) bond motifs is 1. The van der Waals surface area contributed by atoms with Gasteiger partial charge < -0.3 is 4.90 Å². The molecule has 0 atom stereocenters. The highest BCUT2D eigenvalue weighted by molar-refractivity contribution is 7.22. The Bertz CT molecular complexity index is 934. The summed E-state index contributed by atoms with van der Waals surface area (Å²) in [6.45, 7) is 5.33. The molecule has 6 heteroatoms. The van der Waals surface area contributed by atoms with Crippen LogP contribution in [0.2, 0.25) is 0 Å². The third-order valence-corrected chi connectivity index (χ3v) is 5.46. The molecule has 0 fully saturated rings. The molecule has 0 aliphatic carbocycles. The summed E-state index contributed by atoms with van der Waals surface area (Å²) >= 11 is 1.51. The molecule has 2 aromatic carbocycles. The first kappa shape index (κ1) is 18.5. The van der Waals surface area contributed by atoms with Crippen molar-refractivity contribution in [1.29, 1.82) is 0 Å². The minimum absolute atomic E-state index is 0.166. The van der Waals surface area contributed by atoms with E-state index < -0.39 is 0 Å². The molecule has 3 rings (SSSR count). The number of rotatable bonds is 5. The zero-order chi connectivity index (χ0) is 18.8. The minimum atomic E-state index is -0.354. The van der Waals surface area contributed by atoms with Gasteiger partial charge in [-0.25, -0.2) is 9.37 Å². The summed E-state index contributed by atoms with van der Waals surface area (Å²) in [5, 5.41) is 0.671. The van der Waals surface area contributed by atoms with Crippen molar-refractivity contribution in [2.75, 3.05) is 32.1 Å². The second kappa shape index (κ2) is 7.51. The predicted molar refractivity (Wildman–Crippen MR) is 106 cm³/mol. The third-order valence-electron chi connectivity index (χ3n) is 4.41. The van der Waals surface area contributed by atoms with E-state index in [4.69, 9.17) is 4.98 Å². The lowest BCUT2D eigenvalue weighted by molar-refractivity contribution is 0.0985. The number of likely N-dealkylation sites (N-methyl/N-ethyl adjacent to an activating group) is 1. The largest absolute Gasteiger partial charge is 0.308 e. The first-order valence-electron chi connectivity index (χ1n) is 8.45. The van der Waals surface area contributed by atoms with E-state index in [0.29, 0.717) is 23.8 Å². The maximum absolute atomic E-state index is 13.2. The molecular formula is C20H22FN3OS. The van der Waals surface area contributed by atoms with Crippen LogP contribution in [-0.2, 0) is 0 Å². The van der Waals surface area contributed by atoms with Crippen LogP contribution in [0.1, 0.15) is 21.5 Å². The molecule has 0 radical (unpaired) electrons. The zero-order valence-corrected chi connectivity index (χ0v) is 16.2. The van der Waals surface area contributed by atoms with Gasteiger partial charge in [0, 0.05) is 18.7 Å². The molecule has 1 amide bonds. The number of amides is 1. The summed E-state index contributed by atoms with van der Waals surface area (Å²) in [6.07, 6.45) is 0. The van der Waals surface area contributed by atoms with Crippen LogP contribution in [0, 0.1) is 19.7 Å². The van der Waals surface area contributed by atoms with Gasteiger partial charge in [0.1, 0.15) is 5.82 Å². The zero-order valence-electron chi connectivity index (χ0n) is 15.4. The van der Waals surface area contributed by atoms with E-state index in [1.54, 1.807) is 4.90 Å². The van der Waals surface area contributed by atoms with Crippen LogP contribution >= 0.6 is 11.3 Å². The first-order valence-corrected chi connectivity index (χ1v) is 9.27. The number of aryl methyl sites for hydroxylation is 2. The van der Waals surface area contributed by atoms with Gasteiger partial charge in [-0.05, 0) is 69.4 Å². The highest BCUT2D eigenvalue weighted by atomic mass is 32.1. The van der Waals surface area contributed by atoms with E-state index >= 15 is 0 Å². The summed E-state index contributed by atoms with van der Waals surface area (Å²) in [5.41, 5.74) is 3.70. The Balaban J connectivity index is 2.01.